The second kappa shape index (κ2) is 4.14. The van der Waals surface area contributed by atoms with Gasteiger partial charge >= 0.3 is 5.97 Å². The van der Waals surface area contributed by atoms with E-state index in [0.29, 0.717) is 6.42 Å². The van der Waals surface area contributed by atoms with Crippen molar-refractivity contribution in [3.8, 4) is 0 Å². The Kier molecular flexibility index (Phi) is 3.37. The highest BCUT2D eigenvalue weighted by atomic mass is 35.5. The molecule has 0 atom stereocenters. The van der Waals surface area contributed by atoms with Gasteiger partial charge in [-0.3, -0.25) is 4.79 Å². The van der Waals surface area contributed by atoms with Crippen molar-refractivity contribution >= 4 is 17.6 Å². The van der Waals surface area contributed by atoms with Gasteiger partial charge in [-0.15, -0.1) is 0 Å². The Hall–Kier alpha value is -0.500. The molecule has 0 aliphatic heterocycles. The normalized spacial score (nSPS) is 21.8. The monoisotopic (exact) mass is 202 g/mol. The van der Waals surface area contributed by atoms with Crippen molar-refractivity contribution in [1.82, 2.24) is 0 Å². The zero-order chi connectivity index (χ0) is 9.90. The van der Waals surface area contributed by atoms with Crippen molar-refractivity contribution in [1.29, 1.82) is 0 Å². The molecule has 13 heavy (non-hydrogen) atoms. The van der Waals surface area contributed by atoms with E-state index >= 15 is 0 Å². The molecule has 1 fully saturated rings. The molecule has 1 saturated carbocycles. The SMILES string of the molecule is CC(=CCl)CC1(C(=O)O)CCCC1. The molecule has 0 radical (unpaired) electrons. The fourth-order valence-electron chi connectivity index (χ4n) is 2.09. The van der Waals surface area contributed by atoms with E-state index < -0.39 is 11.4 Å². The Bertz CT molecular complexity index is 227. The number of aliphatic carboxylic acids is 1. The number of halogens is 1. The van der Waals surface area contributed by atoms with Crippen LogP contribution in [0.4, 0.5) is 0 Å². The molecule has 0 aromatic carbocycles. The van der Waals surface area contributed by atoms with Crippen LogP contribution in [0.3, 0.4) is 0 Å². The van der Waals surface area contributed by atoms with Gasteiger partial charge in [0.05, 0.1) is 5.41 Å². The highest BCUT2D eigenvalue weighted by molar-refractivity contribution is 6.25. The van der Waals surface area contributed by atoms with Crippen LogP contribution in [0, 0.1) is 5.41 Å². The average molecular weight is 203 g/mol. The third kappa shape index (κ3) is 2.25. The van der Waals surface area contributed by atoms with Gasteiger partial charge in [-0.25, -0.2) is 0 Å². The van der Waals surface area contributed by atoms with Gasteiger partial charge in [-0.1, -0.05) is 30.0 Å². The van der Waals surface area contributed by atoms with E-state index in [1.807, 2.05) is 6.92 Å². The minimum absolute atomic E-state index is 0.518. The molecule has 1 rings (SSSR count). The summed E-state index contributed by atoms with van der Waals surface area (Å²) in [7, 11) is 0. The second-order valence-electron chi connectivity index (χ2n) is 3.92. The van der Waals surface area contributed by atoms with E-state index in [0.717, 1.165) is 31.3 Å². The van der Waals surface area contributed by atoms with Crippen LogP contribution < -0.4 is 0 Å². The van der Waals surface area contributed by atoms with Crippen molar-refractivity contribution in [2.45, 2.75) is 39.0 Å². The van der Waals surface area contributed by atoms with Crippen LogP contribution in [0.1, 0.15) is 39.0 Å². The van der Waals surface area contributed by atoms with Crippen molar-refractivity contribution in [2.24, 2.45) is 5.41 Å². The summed E-state index contributed by atoms with van der Waals surface area (Å²) < 4.78 is 0. The highest BCUT2D eigenvalue weighted by Gasteiger charge is 2.40. The molecular weight excluding hydrogens is 188 g/mol. The molecule has 0 amide bonds. The molecule has 0 spiro atoms. The van der Waals surface area contributed by atoms with Gasteiger partial charge in [0.1, 0.15) is 0 Å². The number of hydrogen-bond acceptors (Lipinski definition) is 1. The first-order valence-electron chi connectivity index (χ1n) is 4.60. The van der Waals surface area contributed by atoms with E-state index in [1.54, 1.807) is 0 Å². The fraction of sp³-hybridized carbons (Fsp3) is 0.700. The lowest BCUT2D eigenvalue weighted by Gasteiger charge is -2.23. The summed E-state index contributed by atoms with van der Waals surface area (Å²) >= 11 is 5.54. The Morgan fingerprint density at radius 1 is 1.54 bits per heavy atom. The third-order valence-electron chi connectivity index (χ3n) is 2.82. The molecular formula is C10H15ClO2. The first-order chi connectivity index (χ1) is 6.10. The highest BCUT2D eigenvalue weighted by Crippen LogP contribution is 2.43. The number of rotatable bonds is 3. The maximum absolute atomic E-state index is 11.1. The van der Waals surface area contributed by atoms with E-state index in [9.17, 15) is 4.79 Å². The van der Waals surface area contributed by atoms with Crippen molar-refractivity contribution in [3.63, 3.8) is 0 Å². The van der Waals surface area contributed by atoms with Gasteiger partial charge in [0.25, 0.3) is 0 Å². The molecule has 0 heterocycles. The Labute approximate surface area is 83.6 Å². The zero-order valence-corrected chi connectivity index (χ0v) is 8.60. The third-order valence-corrected chi connectivity index (χ3v) is 3.19. The minimum atomic E-state index is -0.664. The van der Waals surface area contributed by atoms with Crippen molar-refractivity contribution in [2.75, 3.05) is 0 Å². The molecule has 74 valence electrons. The van der Waals surface area contributed by atoms with Gasteiger partial charge < -0.3 is 5.11 Å². The van der Waals surface area contributed by atoms with Crippen molar-refractivity contribution in [3.05, 3.63) is 11.1 Å². The first-order valence-corrected chi connectivity index (χ1v) is 5.04. The van der Waals surface area contributed by atoms with Gasteiger partial charge in [0.2, 0.25) is 0 Å². The Balaban J connectivity index is 2.74. The topological polar surface area (TPSA) is 37.3 Å². The largest absolute Gasteiger partial charge is 0.481 e. The van der Waals surface area contributed by atoms with Gasteiger partial charge in [0.15, 0.2) is 0 Å². The quantitative estimate of drug-likeness (QED) is 0.764. The number of carboxylic acid groups (broad SMARTS) is 1. The maximum Gasteiger partial charge on any atom is 0.309 e. The van der Waals surface area contributed by atoms with Crippen LogP contribution in [0.2, 0.25) is 0 Å². The summed E-state index contributed by atoms with van der Waals surface area (Å²) in [5.74, 6) is -0.664. The predicted molar refractivity (Wildman–Crippen MR) is 52.8 cm³/mol. The van der Waals surface area contributed by atoms with Crippen LogP contribution in [-0.2, 0) is 4.79 Å². The summed E-state index contributed by atoms with van der Waals surface area (Å²) in [6, 6.07) is 0. The van der Waals surface area contributed by atoms with E-state index in [-0.39, 0.29) is 0 Å². The van der Waals surface area contributed by atoms with E-state index in [4.69, 9.17) is 16.7 Å². The zero-order valence-electron chi connectivity index (χ0n) is 7.85. The molecule has 0 unspecified atom stereocenters. The molecule has 3 heteroatoms. The molecule has 1 N–H and O–H groups in total. The minimum Gasteiger partial charge on any atom is -0.481 e. The molecule has 0 aromatic rings. The summed E-state index contributed by atoms with van der Waals surface area (Å²) in [5, 5.41) is 9.14. The van der Waals surface area contributed by atoms with Crippen LogP contribution in [-0.4, -0.2) is 11.1 Å². The fourth-order valence-corrected chi connectivity index (χ4v) is 2.17. The van der Waals surface area contributed by atoms with Gasteiger partial charge in [-0.2, -0.15) is 0 Å². The first kappa shape index (κ1) is 10.6. The molecule has 0 saturated heterocycles. The number of carboxylic acids is 1. The number of allylic oxidation sites excluding steroid dienone is 1. The van der Waals surface area contributed by atoms with Crippen LogP contribution >= 0.6 is 11.6 Å². The summed E-state index contributed by atoms with van der Waals surface area (Å²) in [6.07, 6.45) is 4.25. The summed E-state index contributed by atoms with van der Waals surface area (Å²) in [6.45, 7) is 1.88. The summed E-state index contributed by atoms with van der Waals surface area (Å²) in [4.78, 5) is 11.1. The van der Waals surface area contributed by atoms with Crippen LogP contribution in [0.15, 0.2) is 11.1 Å². The lowest BCUT2D eigenvalue weighted by Crippen LogP contribution is -2.27. The predicted octanol–water partition coefficient (Wildman–Crippen LogP) is 3.16. The summed E-state index contributed by atoms with van der Waals surface area (Å²) in [5.41, 5.74) is 1.93. The van der Waals surface area contributed by atoms with Crippen LogP contribution in [0.5, 0.6) is 0 Å². The van der Waals surface area contributed by atoms with Crippen molar-refractivity contribution < 1.29 is 9.90 Å². The second-order valence-corrected chi connectivity index (χ2v) is 4.14. The lowest BCUT2D eigenvalue weighted by molar-refractivity contribution is -0.148. The van der Waals surface area contributed by atoms with E-state index in [1.165, 1.54) is 5.54 Å². The Morgan fingerprint density at radius 2 is 2.08 bits per heavy atom. The number of hydrogen-bond donors (Lipinski definition) is 1. The van der Waals surface area contributed by atoms with E-state index in [2.05, 4.69) is 0 Å². The smallest absolute Gasteiger partial charge is 0.309 e. The molecule has 2 nitrogen and oxygen atoms in total. The van der Waals surface area contributed by atoms with Gasteiger partial charge in [0, 0.05) is 5.54 Å². The standard InChI is InChI=1S/C10H15ClO2/c1-8(7-11)6-10(9(12)13)4-2-3-5-10/h7H,2-6H2,1H3,(H,12,13). The molecule has 0 bridgehead atoms. The van der Waals surface area contributed by atoms with Crippen LogP contribution in [0.25, 0.3) is 0 Å². The average Bonchev–Trinajstić information content (AvgIpc) is 2.54. The Morgan fingerprint density at radius 3 is 2.46 bits per heavy atom. The maximum atomic E-state index is 11.1. The van der Waals surface area contributed by atoms with Gasteiger partial charge in [-0.05, 0) is 26.2 Å². The number of carbonyl (C=O) groups is 1. The lowest BCUT2D eigenvalue weighted by atomic mass is 9.80. The molecule has 0 aromatic heterocycles. The molecule has 1 aliphatic rings. The molecule has 1 aliphatic carbocycles.